The van der Waals surface area contributed by atoms with Gasteiger partial charge in [-0.1, -0.05) is 56.3 Å². The van der Waals surface area contributed by atoms with Crippen molar-refractivity contribution in [2.45, 2.75) is 32.4 Å². The van der Waals surface area contributed by atoms with E-state index < -0.39 is 0 Å². The molecule has 4 rings (SSSR count). The lowest BCUT2D eigenvalue weighted by molar-refractivity contribution is -0.118. The van der Waals surface area contributed by atoms with E-state index in [2.05, 4.69) is 45.0 Å². The quantitative estimate of drug-likeness (QED) is 0.686. The van der Waals surface area contributed by atoms with Crippen LogP contribution in [0.1, 0.15) is 43.5 Å². The first-order valence-electron chi connectivity index (χ1n) is 9.78. The van der Waals surface area contributed by atoms with E-state index in [9.17, 15) is 4.79 Å². The largest absolute Gasteiger partial charge is 0.497 e. The number of carbonyl (C=O) groups is 1. The molecule has 2 aromatic carbocycles. The number of fused-ring (bicyclic) bond motifs is 1. The molecule has 1 amide bonds. The Bertz CT molecular complexity index is 982. The first-order chi connectivity index (χ1) is 14.0. The summed E-state index contributed by atoms with van der Waals surface area (Å²) in [5.74, 6) is 1.55. The Morgan fingerprint density at radius 3 is 2.52 bits per heavy atom. The van der Waals surface area contributed by atoms with Crippen molar-refractivity contribution >= 4 is 17.8 Å². The zero-order chi connectivity index (χ0) is 20.4. The molecule has 0 saturated heterocycles. The Morgan fingerprint density at radius 1 is 1.14 bits per heavy atom. The Labute approximate surface area is 170 Å². The monoisotopic (exact) mass is 391 g/mol. The second-order valence-electron chi connectivity index (χ2n) is 7.48. The third-order valence-electron chi connectivity index (χ3n) is 5.15. The number of rotatable bonds is 5. The number of nitrogens with one attached hydrogen (secondary N) is 2. The predicted octanol–water partition coefficient (Wildman–Crippen LogP) is 4.03. The summed E-state index contributed by atoms with van der Waals surface area (Å²) >= 11 is 0. The molecule has 0 aliphatic carbocycles. The molecule has 1 aliphatic heterocycles. The average Bonchev–Trinajstić information content (AvgIpc) is 3.16. The van der Waals surface area contributed by atoms with E-state index in [0.717, 1.165) is 23.3 Å². The van der Waals surface area contributed by atoms with E-state index >= 15 is 0 Å². The molecule has 3 aromatic rings. The van der Waals surface area contributed by atoms with Crippen molar-refractivity contribution in [3.05, 3.63) is 65.7 Å². The number of hydrogen-bond acceptors (Lipinski definition) is 5. The summed E-state index contributed by atoms with van der Waals surface area (Å²) in [6.07, 6.45) is 0.810. The molecule has 2 heterocycles. The topological polar surface area (TPSA) is 81.1 Å². The number of methoxy groups -OCH3 is 1. The van der Waals surface area contributed by atoms with Gasteiger partial charge in [0, 0.05) is 5.92 Å². The number of benzene rings is 2. The predicted molar refractivity (Wildman–Crippen MR) is 112 cm³/mol. The van der Waals surface area contributed by atoms with Crippen LogP contribution in [0.25, 0.3) is 0 Å². The van der Waals surface area contributed by atoms with Crippen molar-refractivity contribution in [1.82, 2.24) is 14.8 Å². The summed E-state index contributed by atoms with van der Waals surface area (Å²) in [5, 5.41) is 10.8. The molecule has 0 bridgehead atoms. The molecule has 29 heavy (non-hydrogen) atoms. The summed E-state index contributed by atoms with van der Waals surface area (Å²) in [6.45, 7) is 3.69. The zero-order valence-electron chi connectivity index (χ0n) is 16.8. The number of nitrogens with zero attached hydrogens (tertiary/aromatic N) is 3. The molecule has 0 radical (unpaired) electrons. The molecule has 0 spiro atoms. The van der Waals surface area contributed by atoms with Gasteiger partial charge in [0.15, 0.2) is 0 Å². The van der Waals surface area contributed by atoms with Crippen LogP contribution in [-0.2, 0) is 4.79 Å². The zero-order valence-corrected chi connectivity index (χ0v) is 16.8. The minimum atomic E-state index is -0.138. The van der Waals surface area contributed by atoms with Crippen molar-refractivity contribution in [2.75, 3.05) is 17.7 Å². The summed E-state index contributed by atoms with van der Waals surface area (Å²) in [7, 11) is 1.66. The van der Waals surface area contributed by atoms with E-state index in [-0.39, 0.29) is 23.9 Å². The maximum Gasteiger partial charge on any atom is 0.250 e. The maximum atomic E-state index is 12.1. The molecular formula is C22H25N5O2. The summed E-state index contributed by atoms with van der Waals surface area (Å²) < 4.78 is 7.14. The lowest BCUT2D eigenvalue weighted by Gasteiger charge is -2.31. The molecule has 7 heteroatoms. The minimum Gasteiger partial charge on any atom is -0.497 e. The number of ether oxygens (including phenoxy) is 1. The smallest absolute Gasteiger partial charge is 0.250 e. The Balaban J connectivity index is 1.69. The molecule has 2 atom stereocenters. The van der Waals surface area contributed by atoms with Crippen LogP contribution in [0.15, 0.2) is 54.6 Å². The fourth-order valence-corrected chi connectivity index (χ4v) is 3.49. The second-order valence-corrected chi connectivity index (χ2v) is 7.48. The Hall–Kier alpha value is -3.35. The molecular weight excluding hydrogens is 366 g/mol. The van der Waals surface area contributed by atoms with Gasteiger partial charge in [-0.3, -0.25) is 10.1 Å². The number of amides is 1. The molecule has 1 aromatic heterocycles. The number of anilines is 2. The maximum absolute atomic E-state index is 12.1. The standard InChI is InChI=1S/C22H25N5O2/c1-14(2)20(28)24-21-25-22-23-18(15-9-11-17(29-3)12-10-15)13-19(27(22)26-21)16-7-5-4-6-8-16/h4-12,14,18-19H,13H2,1-3H3,(H2,23,24,25,26,28)/t18-,19+/m1/s1. The highest BCUT2D eigenvalue weighted by molar-refractivity contribution is 5.90. The minimum absolute atomic E-state index is 0.0109. The van der Waals surface area contributed by atoms with E-state index in [0.29, 0.717) is 11.9 Å². The van der Waals surface area contributed by atoms with Crippen molar-refractivity contribution in [3.8, 4) is 5.75 Å². The van der Waals surface area contributed by atoms with E-state index in [4.69, 9.17) is 4.74 Å². The first kappa shape index (κ1) is 19.0. The van der Waals surface area contributed by atoms with Crippen LogP contribution in [0, 0.1) is 5.92 Å². The van der Waals surface area contributed by atoms with Crippen molar-refractivity contribution in [2.24, 2.45) is 5.92 Å². The van der Waals surface area contributed by atoms with Crippen LogP contribution in [0.4, 0.5) is 11.9 Å². The van der Waals surface area contributed by atoms with Crippen LogP contribution in [0.2, 0.25) is 0 Å². The molecule has 0 saturated carbocycles. The van der Waals surface area contributed by atoms with Crippen molar-refractivity contribution in [1.29, 1.82) is 0 Å². The number of hydrogen-bond donors (Lipinski definition) is 2. The van der Waals surface area contributed by atoms with Gasteiger partial charge in [0.05, 0.1) is 19.2 Å². The van der Waals surface area contributed by atoms with Crippen LogP contribution in [0.5, 0.6) is 5.75 Å². The molecule has 2 N–H and O–H groups in total. The fraction of sp³-hybridized carbons (Fsp3) is 0.318. The van der Waals surface area contributed by atoms with E-state index in [1.54, 1.807) is 7.11 Å². The third kappa shape index (κ3) is 3.94. The van der Waals surface area contributed by atoms with Crippen LogP contribution >= 0.6 is 0 Å². The molecule has 7 nitrogen and oxygen atoms in total. The highest BCUT2D eigenvalue weighted by Crippen LogP contribution is 2.38. The molecule has 150 valence electrons. The van der Waals surface area contributed by atoms with Gasteiger partial charge in [0.2, 0.25) is 11.9 Å². The van der Waals surface area contributed by atoms with Gasteiger partial charge < -0.3 is 10.1 Å². The second kappa shape index (κ2) is 7.95. The molecule has 1 aliphatic rings. The number of aromatic nitrogens is 3. The van der Waals surface area contributed by atoms with Crippen molar-refractivity contribution in [3.63, 3.8) is 0 Å². The lowest BCUT2D eigenvalue weighted by atomic mass is 9.93. The highest BCUT2D eigenvalue weighted by atomic mass is 16.5. The molecule has 0 fully saturated rings. The molecule has 0 unspecified atom stereocenters. The van der Waals surface area contributed by atoms with Gasteiger partial charge in [0.25, 0.3) is 5.95 Å². The van der Waals surface area contributed by atoms with Gasteiger partial charge in [-0.15, -0.1) is 5.10 Å². The average molecular weight is 391 g/mol. The first-order valence-corrected chi connectivity index (χ1v) is 9.78. The summed E-state index contributed by atoms with van der Waals surface area (Å²) in [5.41, 5.74) is 2.30. The Kier molecular flexibility index (Phi) is 5.20. The third-order valence-corrected chi connectivity index (χ3v) is 5.15. The van der Waals surface area contributed by atoms with Gasteiger partial charge in [-0.05, 0) is 29.7 Å². The SMILES string of the molecule is COc1ccc([C@H]2C[C@@H](c3ccccc3)n3nc(NC(=O)C(C)C)nc3N2)cc1. The Morgan fingerprint density at radius 2 is 1.86 bits per heavy atom. The van der Waals surface area contributed by atoms with Gasteiger partial charge in [-0.2, -0.15) is 4.98 Å². The normalized spacial score (nSPS) is 18.1. The van der Waals surface area contributed by atoms with Gasteiger partial charge >= 0.3 is 0 Å². The van der Waals surface area contributed by atoms with Crippen LogP contribution in [-0.4, -0.2) is 27.8 Å². The van der Waals surface area contributed by atoms with Crippen molar-refractivity contribution < 1.29 is 9.53 Å². The van der Waals surface area contributed by atoms with Crippen LogP contribution in [0.3, 0.4) is 0 Å². The lowest BCUT2D eigenvalue weighted by Crippen LogP contribution is -2.28. The highest BCUT2D eigenvalue weighted by Gasteiger charge is 2.31. The van der Waals surface area contributed by atoms with Crippen LogP contribution < -0.4 is 15.4 Å². The fourth-order valence-electron chi connectivity index (χ4n) is 3.49. The van der Waals surface area contributed by atoms with Gasteiger partial charge in [-0.25, -0.2) is 4.68 Å². The van der Waals surface area contributed by atoms with Gasteiger partial charge in [0.1, 0.15) is 5.75 Å². The summed E-state index contributed by atoms with van der Waals surface area (Å²) in [6, 6.07) is 18.4. The number of carbonyl (C=O) groups excluding carboxylic acids is 1. The van der Waals surface area contributed by atoms with E-state index in [1.165, 1.54) is 0 Å². The van der Waals surface area contributed by atoms with E-state index in [1.807, 2.05) is 48.9 Å². The summed E-state index contributed by atoms with van der Waals surface area (Å²) in [4.78, 5) is 16.6.